The van der Waals surface area contributed by atoms with Crippen molar-refractivity contribution in [3.05, 3.63) is 56.7 Å². The fraction of sp³-hybridized carbons (Fsp3) is 0.286. The molecule has 0 spiro atoms. The molecule has 0 aliphatic heterocycles. The molecular formula is C14H14BrClS. The minimum absolute atomic E-state index is 0.385. The Bertz CT molecular complexity index is 492. The fourth-order valence-corrected chi connectivity index (χ4v) is 4.06. The topological polar surface area (TPSA) is 0 Å². The molecule has 0 aliphatic rings. The zero-order valence-electron chi connectivity index (χ0n) is 9.62. The highest BCUT2D eigenvalue weighted by molar-refractivity contribution is 9.09. The molecule has 1 unspecified atom stereocenters. The van der Waals surface area contributed by atoms with Crippen LogP contribution in [0.15, 0.2) is 35.7 Å². The largest absolute Gasteiger partial charge is 0.147 e. The Kier molecular flexibility index (Phi) is 4.66. The smallest absolute Gasteiger partial charge is 0.0532 e. The van der Waals surface area contributed by atoms with Gasteiger partial charge in [-0.25, -0.2) is 0 Å². The molecule has 0 nitrogen and oxygen atoms in total. The summed E-state index contributed by atoms with van der Waals surface area (Å²) in [6.07, 6.45) is 2.07. The van der Waals surface area contributed by atoms with E-state index in [4.69, 9.17) is 11.6 Å². The third kappa shape index (κ3) is 3.34. The van der Waals surface area contributed by atoms with Gasteiger partial charge < -0.3 is 0 Å². The highest BCUT2D eigenvalue weighted by atomic mass is 79.9. The van der Waals surface area contributed by atoms with Crippen LogP contribution >= 0.6 is 38.9 Å². The van der Waals surface area contributed by atoms with E-state index in [9.17, 15) is 0 Å². The minimum Gasteiger partial charge on any atom is -0.147 e. The van der Waals surface area contributed by atoms with Crippen molar-refractivity contribution in [2.75, 3.05) is 0 Å². The molecule has 3 heteroatoms. The van der Waals surface area contributed by atoms with Crippen LogP contribution in [-0.2, 0) is 12.8 Å². The van der Waals surface area contributed by atoms with Gasteiger partial charge in [-0.1, -0.05) is 46.6 Å². The summed E-state index contributed by atoms with van der Waals surface area (Å²) in [6, 6.07) is 10.3. The van der Waals surface area contributed by atoms with Gasteiger partial charge in [-0.3, -0.25) is 0 Å². The van der Waals surface area contributed by atoms with Crippen molar-refractivity contribution in [1.82, 2.24) is 0 Å². The first-order valence-corrected chi connectivity index (χ1v) is 7.82. The first-order valence-electron chi connectivity index (χ1n) is 5.65. The number of thiophene rings is 1. The number of benzene rings is 1. The van der Waals surface area contributed by atoms with Crippen LogP contribution in [0, 0.1) is 0 Å². The number of halogens is 2. The molecule has 2 rings (SSSR count). The first-order chi connectivity index (χ1) is 8.20. The van der Waals surface area contributed by atoms with Crippen molar-refractivity contribution < 1.29 is 0 Å². The van der Waals surface area contributed by atoms with Crippen LogP contribution in [0.3, 0.4) is 0 Å². The van der Waals surface area contributed by atoms with Crippen LogP contribution in [0.4, 0.5) is 0 Å². The summed E-state index contributed by atoms with van der Waals surface area (Å²) in [5, 5.41) is 2.98. The lowest BCUT2D eigenvalue weighted by atomic mass is 10.1. The van der Waals surface area contributed by atoms with E-state index < -0.39 is 0 Å². The number of aryl methyl sites for hydroxylation is 1. The predicted molar refractivity (Wildman–Crippen MR) is 80.5 cm³/mol. The monoisotopic (exact) mass is 328 g/mol. The van der Waals surface area contributed by atoms with Crippen molar-refractivity contribution in [2.45, 2.75) is 24.6 Å². The molecule has 90 valence electrons. The first kappa shape index (κ1) is 13.1. The zero-order valence-corrected chi connectivity index (χ0v) is 12.8. The average molecular weight is 330 g/mol. The van der Waals surface area contributed by atoms with E-state index in [1.807, 2.05) is 29.5 Å². The van der Waals surface area contributed by atoms with Gasteiger partial charge in [-0.15, -0.1) is 11.3 Å². The van der Waals surface area contributed by atoms with E-state index in [0.717, 1.165) is 17.9 Å². The lowest BCUT2D eigenvalue weighted by molar-refractivity contribution is 0.946. The molecule has 0 radical (unpaired) electrons. The molecule has 1 aromatic carbocycles. The van der Waals surface area contributed by atoms with E-state index in [0.29, 0.717) is 4.83 Å². The van der Waals surface area contributed by atoms with Gasteiger partial charge >= 0.3 is 0 Å². The SMILES string of the molecule is CCc1ccsc1C(Br)Cc1cccc(Cl)c1. The molecule has 0 saturated carbocycles. The molecule has 0 aliphatic carbocycles. The maximum Gasteiger partial charge on any atom is 0.0532 e. The second-order valence-electron chi connectivity index (χ2n) is 3.97. The van der Waals surface area contributed by atoms with E-state index in [1.165, 1.54) is 16.0 Å². The van der Waals surface area contributed by atoms with E-state index in [1.54, 1.807) is 0 Å². The van der Waals surface area contributed by atoms with Crippen LogP contribution in [0.1, 0.15) is 27.8 Å². The molecular weight excluding hydrogens is 316 g/mol. The Labute approximate surface area is 120 Å². The van der Waals surface area contributed by atoms with E-state index >= 15 is 0 Å². The maximum absolute atomic E-state index is 6.00. The van der Waals surface area contributed by atoms with Crippen molar-refractivity contribution in [1.29, 1.82) is 0 Å². The highest BCUT2D eigenvalue weighted by Gasteiger charge is 2.13. The van der Waals surface area contributed by atoms with Crippen LogP contribution in [0.5, 0.6) is 0 Å². The summed E-state index contributed by atoms with van der Waals surface area (Å²) >= 11 is 11.6. The molecule has 2 aromatic rings. The molecule has 0 bridgehead atoms. The van der Waals surface area contributed by atoms with E-state index in [-0.39, 0.29) is 0 Å². The van der Waals surface area contributed by atoms with Gasteiger partial charge in [0.05, 0.1) is 4.83 Å². The summed E-state index contributed by atoms with van der Waals surface area (Å²) in [4.78, 5) is 1.82. The second kappa shape index (κ2) is 6.03. The maximum atomic E-state index is 6.00. The average Bonchev–Trinajstić information content (AvgIpc) is 2.77. The van der Waals surface area contributed by atoms with Crippen molar-refractivity contribution >= 4 is 38.9 Å². The molecule has 0 saturated heterocycles. The normalized spacial score (nSPS) is 12.6. The Balaban J connectivity index is 2.14. The number of alkyl halides is 1. The van der Waals surface area contributed by atoms with Crippen LogP contribution in [0.2, 0.25) is 5.02 Å². The summed E-state index contributed by atoms with van der Waals surface area (Å²) in [5.41, 5.74) is 2.72. The predicted octanol–water partition coefficient (Wildman–Crippen LogP) is 5.64. The fourth-order valence-electron chi connectivity index (χ4n) is 1.88. The molecule has 17 heavy (non-hydrogen) atoms. The Morgan fingerprint density at radius 2 is 2.18 bits per heavy atom. The Hall–Kier alpha value is -0.310. The molecule has 0 fully saturated rings. The zero-order chi connectivity index (χ0) is 12.3. The lowest BCUT2D eigenvalue weighted by Gasteiger charge is -2.10. The lowest BCUT2D eigenvalue weighted by Crippen LogP contribution is -1.96. The molecule has 0 amide bonds. The van der Waals surface area contributed by atoms with Crippen molar-refractivity contribution in [2.24, 2.45) is 0 Å². The third-order valence-electron chi connectivity index (χ3n) is 2.75. The number of hydrogen-bond acceptors (Lipinski definition) is 1. The third-order valence-corrected chi connectivity index (χ3v) is 5.14. The summed E-state index contributed by atoms with van der Waals surface area (Å²) in [5.74, 6) is 0. The van der Waals surface area contributed by atoms with Gasteiger partial charge in [0.2, 0.25) is 0 Å². The second-order valence-corrected chi connectivity index (χ2v) is 6.45. The number of rotatable bonds is 4. The standard InChI is InChI=1S/C14H14BrClS/c1-2-11-6-7-17-14(11)13(15)9-10-4-3-5-12(16)8-10/h3-8,13H,2,9H2,1H3. The highest BCUT2D eigenvalue weighted by Crippen LogP contribution is 2.34. The molecule has 0 N–H and O–H groups in total. The van der Waals surface area contributed by atoms with E-state index in [2.05, 4.69) is 40.4 Å². The minimum atomic E-state index is 0.385. The van der Waals surface area contributed by atoms with Gasteiger partial charge in [0, 0.05) is 9.90 Å². The molecule has 1 heterocycles. The Morgan fingerprint density at radius 1 is 1.35 bits per heavy atom. The van der Waals surface area contributed by atoms with Gasteiger partial charge in [0.1, 0.15) is 0 Å². The van der Waals surface area contributed by atoms with Gasteiger partial charge in [-0.05, 0) is 47.5 Å². The summed E-state index contributed by atoms with van der Waals surface area (Å²) in [7, 11) is 0. The molecule has 1 aromatic heterocycles. The van der Waals surface area contributed by atoms with Crippen molar-refractivity contribution in [3.63, 3.8) is 0 Å². The van der Waals surface area contributed by atoms with Crippen LogP contribution < -0.4 is 0 Å². The van der Waals surface area contributed by atoms with Crippen LogP contribution in [0.25, 0.3) is 0 Å². The number of hydrogen-bond donors (Lipinski definition) is 0. The van der Waals surface area contributed by atoms with Crippen molar-refractivity contribution in [3.8, 4) is 0 Å². The van der Waals surface area contributed by atoms with Gasteiger partial charge in [0.25, 0.3) is 0 Å². The van der Waals surface area contributed by atoms with Gasteiger partial charge in [-0.2, -0.15) is 0 Å². The van der Waals surface area contributed by atoms with Gasteiger partial charge in [0.15, 0.2) is 0 Å². The quantitative estimate of drug-likeness (QED) is 0.636. The Morgan fingerprint density at radius 3 is 2.88 bits per heavy atom. The van der Waals surface area contributed by atoms with Crippen LogP contribution in [-0.4, -0.2) is 0 Å². The molecule has 1 atom stereocenters. The summed E-state index contributed by atoms with van der Waals surface area (Å²) < 4.78 is 0. The summed E-state index contributed by atoms with van der Waals surface area (Å²) in [6.45, 7) is 2.20.